The average Bonchev–Trinajstić information content (AvgIpc) is 3.04. The Kier molecular flexibility index (Phi) is 4.47. The highest BCUT2D eigenvalue weighted by molar-refractivity contribution is 5.91. The van der Waals surface area contributed by atoms with Crippen LogP contribution in [0.2, 0.25) is 0 Å². The number of rotatable bonds is 2. The molecule has 3 aromatic rings. The van der Waals surface area contributed by atoms with Crippen molar-refractivity contribution in [2.45, 2.75) is 59.4 Å². The molecule has 0 saturated carbocycles. The quantitative estimate of drug-likeness (QED) is 0.650. The molecular formula is C23H30N6O. The van der Waals surface area contributed by atoms with E-state index in [1.165, 1.54) is 11.3 Å². The van der Waals surface area contributed by atoms with Gasteiger partial charge in [0.25, 0.3) is 0 Å². The lowest BCUT2D eigenvalue weighted by Crippen LogP contribution is -2.52. The van der Waals surface area contributed by atoms with Crippen molar-refractivity contribution < 1.29 is 4.74 Å². The minimum absolute atomic E-state index is 0.140. The van der Waals surface area contributed by atoms with Crippen molar-refractivity contribution in [2.24, 2.45) is 0 Å². The SMILES string of the molecule is Cc1ccc2c(N3CCn4nc(C)cc4C3)nc(N3C[C@@H](C)OC(C)(C)C3)nc2c1. The van der Waals surface area contributed by atoms with E-state index < -0.39 is 0 Å². The molecule has 158 valence electrons. The molecular weight excluding hydrogens is 376 g/mol. The van der Waals surface area contributed by atoms with E-state index in [0.717, 1.165) is 61.1 Å². The largest absolute Gasteiger partial charge is 0.369 e. The first-order valence-electron chi connectivity index (χ1n) is 10.8. The molecule has 7 heteroatoms. The number of anilines is 2. The van der Waals surface area contributed by atoms with Crippen LogP contribution in [-0.2, 0) is 17.8 Å². The summed E-state index contributed by atoms with van der Waals surface area (Å²) in [5.74, 6) is 1.80. The van der Waals surface area contributed by atoms with E-state index in [9.17, 15) is 0 Å². The molecule has 0 aliphatic carbocycles. The molecule has 1 atom stereocenters. The molecule has 0 bridgehead atoms. The first-order chi connectivity index (χ1) is 14.3. The summed E-state index contributed by atoms with van der Waals surface area (Å²) in [6.07, 6.45) is 0.140. The monoisotopic (exact) mass is 406 g/mol. The van der Waals surface area contributed by atoms with Crippen LogP contribution < -0.4 is 9.80 Å². The molecule has 2 aliphatic rings. The van der Waals surface area contributed by atoms with E-state index in [1.54, 1.807) is 0 Å². The summed E-state index contributed by atoms with van der Waals surface area (Å²) in [6.45, 7) is 14.7. The molecule has 0 unspecified atom stereocenters. The second-order valence-electron chi connectivity index (χ2n) is 9.36. The molecule has 1 fully saturated rings. The number of hydrogen-bond acceptors (Lipinski definition) is 6. The average molecular weight is 407 g/mol. The molecule has 0 spiro atoms. The Hall–Kier alpha value is -2.67. The van der Waals surface area contributed by atoms with Crippen LogP contribution in [-0.4, -0.2) is 51.1 Å². The fourth-order valence-corrected chi connectivity index (χ4v) is 4.79. The topological polar surface area (TPSA) is 59.3 Å². The van der Waals surface area contributed by atoms with Crippen LogP contribution in [0.5, 0.6) is 0 Å². The normalized spacial score (nSPS) is 21.2. The van der Waals surface area contributed by atoms with Crippen molar-refractivity contribution in [1.29, 1.82) is 0 Å². The number of nitrogens with zero attached hydrogens (tertiary/aromatic N) is 6. The van der Waals surface area contributed by atoms with Crippen molar-refractivity contribution in [3.8, 4) is 0 Å². The molecule has 2 aromatic heterocycles. The Balaban J connectivity index is 1.59. The number of aryl methyl sites for hydroxylation is 2. The van der Waals surface area contributed by atoms with Gasteiger partial charge in [-0.15, -0.1) is 0 Å². The molecule has 0 amide bonds. The highest BCUT2D eigenvalue weighted by atomic mass is 16.5. The van der Waals surface area contributed by atoms with Gasteiger partial charge in [0.05, 0.1) is 41.7 Å². The minimum Gasteiger partial charge on any atom is -0.369 e. The molecule has 5 rings (SSSR count). The number of morpholine rings is 1. The van der Waals surface area contributed by atoms with Crippen LogP contribution in [0.3, 0.4) is 0 Å². The van der Waals surface area contributed by atoms with Gasteiger partial charge in [-0.3, -0.25) is 4.68 Å². The predicted molar refractivity (Wildman–Crippen MR) is 119 cm³/mol. The standard InChI is InChI=1S/C23H30N6O/c1-15-6-7-19-20(10-15)24-22(28-12-17(3)30-23(4,5)14-28)25-21(19)27-8-9-29-18(13-27)11-16(2)26-29/h6-7,10-11,17H,8-9,12-14H2,1-5H3/t17-/m1/s1. The van der Waals surface area contributed by atoms with E-state index in [-0.39, 0.29) is 11.7 Å². The maximum atomic E-state index is 6.10. The summed E-state index contributed by atoms with van der Waals surface area (Å²) in [4.78, 5) is 14.7. The van der Waals surface area contributed by atoms with Crippen molar-refractivity contribution in [2.75, 3.05) is 29.4 Å². The van der Waals surface area contributed by atoms with Crippen LogP contribution in [0.1, 0.15) is 37.7 Å². The highest BCUT2D eigenvalue weighted by Crippen LogP contribution is 2.32. The van der Waals surface area contributed by atoms with Gasteiger partial charge in [-0.25, -0.2) is 4.98 Å². The van der Waals surface area contributed by atoms with Crippen LogP contribution in [0, 0.1) is 13.8 Å². The summed E-state index contributed by atoms with van der Waals surface area (Å²) >= 11 is 0. The second kappa shape index (κ2) is 6.94. The summed E-state index contributed by atoms with van der Waals surface area (Å²) in [6, 6.07) is 8.64. The fraction of sp³-hybridized carbons (Fsp3) is 0.522. The van der Waals surface area contributed by atoms with Gasteiger partial charge in [0, 0.05) is 25.0 Å². The number of aromatic nitrogens is 4. The van der Waals surface area contributed by atoms with Crippen LogP contribution in [0.25, 0.3) is 10.9 Å². The maximum Gasteiger partial charge on any atom is 0.228 e. The molecule has 1 saturated heterocycles. The Morgan fingerprint density at radius 3 is 2.70 bits per heavy atom. The molecule has 30 heavy (non-hydrogen) atoms. The predicted octanol–water partition coefficient (Wildman–Crippen LogP) is 3.47. The van der Waals surface area contributed by atoms with Gasteiger partial charge < -0.3 is 14.5 Å². The van der Waals surface area contributed by atoms with Crippen LogP contribution in [0.4, 0.5) is 11.8 Å². The van der Waals surface area contributed by atoms with Gasteiger partial charge in [-0.1, -0.05) is 6.07 Å². The lowest BCUT2D eigenvalue weighted by Gasteiger charge is -2.42. The summed E-state index contributed by atoms with van der Waals surface area (Å²) in [7, 11) is 0. The zero-order chi connectivity index (χ0) is 21.0. The fourth-order valence-electron chi connectivity index (χ4n) is 4.79. The van der Waals surface area contributed by atoms with Crippen molar-refractivity contribution in [1.82, 2.24) is 19.7 Å². The summed E-state index contributed by atoms with van der Waals surface area (Å²) < 4.78 is 8.22. The highest BCUT2D eigenvalue weighted by Gasteiger charge is 2.33. The van der Waals surface area contributed by atoms with Crippen molar-refractivity contribution >= 4 is 22.7 Å². The molecule has 0 N–H and O–H groups in total. The van der Waals surface area contributed by atoms with Crippen LogP contribution in [0.15, 0.2) is 24.3 Å². The third-order valence-corrected chi connectivity index (χ3v) is 5.89. The Morgan fingerprint density at radius 1 is 1.07 bits per heavy atom. The smallest absolute Gasteiger partial charge is 0.228 e. The molecule has 2 aliphatic heterocycles. The maximum absolute atomic E-state index is 6.10. The van der Waals surface area contributed by atoms with Gasteiger partial charge in [0.1, 0.15) is 5.82 Å². The van der Waals surface area contributed by atoms with Crippen LogP contribution >= 0.6 is 0 Å². The van der Waals surface area contributed by atoms with Gasteiger partial charge in [-0.2, -0.15) is 10.1 Å². The molecule has 0 radical (unpaired) electrons. The Bertz CT molecular complexity index is 1100. The van der Waals surface area contributed by atoms with Gasteiger partial charge in [0.2, 0.25) is 5.95 Å². The Morgan fingerprint density at radius 2 is 1.90 bits per heavy atom. The number of ether oxygens (including phenoxy) is 1. The molecule has 4 heterocycles. The van der Waals surface area contributed by atoms with Gasteiger partial charge >= 0.3 is 0 Å². The first-order valence-corrected chi connectivity index (χ1v) is 10.8. The van der Waals surface area contributed by atoms with Crippen molar-refractivity contribution in [3.05, 3.63) is 41.2 Å². The lowest BCUT2D eigenvalue weighted by molar-refractivity contribution is -0.0753. The number of benzene rings is 1. The second-order valence-corrected chi connectivity index (χ2v) is 9.36. The third-order valence-electron chi connectivity index (χ3n) is 5.89. The molecule has 7 nitrogen and oxygen atoms in total. The summed E-state index contributed by atoms with van der Waals surface area (Å²) in [5.41, 5.74) is 4.29. The van der Waals surface area contributed by atoms with Gasteiger partial charge in [-0.05, 0) is 58.4 Å². The Labute approximate surface area is 177 Å². The summed E-state index contributed by atoms with van der Waals surface area (Å²) in [5, 5.41) is 5.71. The van der Waals surface area contributed by atoms with E-state index >= 15 is 0 Å². The van der Waals surface area contributed by atoms with Crippen molar-refractivity contribution in [3.63, 3.8) is 0 Å². The van der Waals surface area contributed by atoms with E-state index in [0.29, 0.717) is 0 Å². The first kappa shape index (κ1) is 19.3. The molecule has 1 aromatic carbocycles. The zero-order valence-corrected chi connectivity index (χ0v) is 18.5. The third kappa shape index (κ3) is 3.51. The number of fused-ring (bicyclic) bond motifs is 2. The van der Waals surface area contributed by atoms with Gasteiger partial charge in [0.15, 0.2) is 0 Å². The van der Waals surface area contributed by atoms with E-state index in [2.05, 4.69) is 78.5 Å². The zero-order valence-electron chi connectivity index (χ0n) is 18.5. The minimum atomic E-state index is -0.224. The van der Waals surface area contributed by atoms with E-state index in [1.807, 2.05) is 0 Å². The number of hydrogen-bond donors (Lipinski definition) is 0. The lowest BCUT2D eigenvalue weighted by atomic mass is 10.1. The van der Waals surface area contributed by atoms with E-state index in [4.69, 9.17) is 14.7 Å².